The van der Waals surface area contributed by atoms with Crippen LogP contribution in [0.3, 0.4) is 0 Å². The van der Waals surface area contributed by atoms with Crippen molar-refractivity contribution < 1.29 is 8.42 Å². The van der Waals surface area contributed by atoms with E-state index in [-0.39, 0.29) is 5.25 Å². The van der Waals surface area contributed by atoms with E-state index in [9.17, 15) is 8.42 Å². The van der Waals surface area contributed by atoms with E-state index in [0.29, 0.717) is 19.6 Å². The van der Waals surface area contributed by atoms with Gasteiger partial charge < -0.3 is 5.32 Å². The molecule has 1 saturated heterocycles. The van der Waals surface area contributed by atoms with Crippen molar-refractivity contribution in [2.45, 2.75) is 51.2 Å². The molecule has 1 heterocycles. The van der Waals surface area contributed by atoms with Gasteiger partial charge in [-0.2, -0.15) is 0 Å². The van der Waals surface area contributed by atoms with Crippen molar-refractivity contribution in [3.63, 3.8) is 0 Å². The van der Waals surface area contributed by atoms with E-state index in [1.807, 2.05) is 0 Å². The maximum atomic E-state index is 12.4. The highest BCUT2D eigenvalue weighted by atomic mass is 32.2. The third-order valence-corrected chi connectivity index (χ3v) is 5.65. The summed E-state index contributed by atoms with van der Waals surface area (Å²) in [4.78, 5) is 0. The molecular weight excluding hydrogens is 236 g/mol. The largest absolute Gasteiger partial charge is 0.315 e. The van der Waals surface area contributed by atoms with Gasteiger partial charge in [0, 0.05) is 19.6 Å². The molecule has 4 nitrogen and oxygen atoms in total. The molecule has 1 fully saturated rings. The van der Waals surface area contributed by atoms with Gasteiger partial charge in [-0.15, -0.1) is 0 Å². The summed E-state index contributed by atoms with van der Waals surface area (Å²) in [5.74, 6) is 0. The second kappa shape index (κ2) is 7.34. The van der Waals surface area contributed by atoms with Crippen LogP contribution in [0.4, 0.5) is 0 Å². The molecular formula is C12H26N2O2S. The number of nitrogens with one attached hydrogen (secondary N) is 1. The average molecular weight is 262 g/mol. The van der Waals surface area contributed by atoms with Gasteiger partial charge in [0.25, 0.3) is 0 Å². The molecule has 1 unspecified atom stereocenters. The van der Waals surface area contributed by atoms with Crippen LogP contribution in [0.1, 0.15) is 46.0 Å². The van der Waals surface area contributed by atoms with Crippen LogP contribution in [0, 0.1) is 0 Å². The van der Waals surface area contributed by atoms with Crippen molar-refractivity contribution in [1.82, 2.24) is 9.62 Å². The Balaban J connectivity index is 2.64. The topological polar surface area (TPSA) is 49.4 Å². The standard InChI is InChI=1S/C12H26N2O2S/c1-3-5-9-14(10-6-4-2)17(15,16)12-7-8-13-11-12/h12-13H,3-11H2,1-2H3. The van der Waals surface area contributed by atoms with E-state index in [0.717, 1.165) is 38.6 Å². The van der Waals surface area contributed by atoms with Crippen molar-refractivity contribution in [2.75, 3.05) is 26.2 Å². The monoisotopic (exact) mass is 262 g/mol. The molecule has 1 atom stereocenters. The lowest BCUT2D eigenvalue weighted by Crippen LogP contribution is -2.40. The van der Waals surface area contributed by atoms with Crippen molar-refractivity contribution in [3.05, 3.63) is 0 Å². The zero-order chi connectivity index (χ0) is 12.7. The highest BCUT2D eigenvalue weighted by Gasteiger charge is 2.33. The number of hydrogen-bond acceptors (Lipinski definition) is 3. The summed E-state index contributed by atoms with van der Waals surface area (Å²) in [6.07, 6.45) is 4.77. The SMILES string of the molecule is CCCCN(CCCC)S(=O)(=O)C1CCNC1. The van der Waals surface area contributed by atoms with Gasteiger partial charge in [-0.1, -0.05) is 26.7 Å². The van der Waals surface area contributed by atoms with Gasteiger partial charge in [-0.05, 0) is 25.8 Å². The first-order valence-electron chi connectivity index (χ1n) is 6.82. The highest BCUT2D eigenvalue weighted by molar-refractivity contribution is 7.89. The number of unbranched alkanes of at least 4 members (excludes halogenated alkanes) is 2. The highest BCUT2D eigenvalue weighted by Crippen LogP contribution is 2.16. The fourth-order valence-electron chi connectivity index (χ4n) is 2.13. The molecule has 17 heavy (non-hydrogen) atoms. The van der Waals surface area contributed by atoms with E-state index < -0.39 is 10.0 Å². The van der Waals surface area contributed by atoms with Gasteiger partial charge in [0.2, 0.25) is 10.0 Å². The first-order valence-corrected chi connectivity index (χ1v) is 8.33. The minimum absolute atomic E-state index is 0.198. The molecule has 1 aliphatic heterocycles. The first kappa shape index (κ1) is 14.9. The Hall–Kier alpha value is -0.130. The van der Waals surface area contributed by atoms with Gasteiger partial charge in [0.05, 0.1) is 5.25 Å². The second-order valence-corrected chi connectivity index (χ2v) is 6.98. The Bertz CT molecular complexity index is 290. The summed E-state index contributed by atoms with van der Waals surface area (Å²) < 4.78 is 26.6. The minimum atomic E-state index is -3.07. The Labute approximate surface area is 106 Å². The van der Waals surface area contributed by atoms with E-state index in [1.54, 1.807) is 4.31 Å². The third kappa shape index (κ3) is 4.23. The molecule has 0 radical (unpaired) electrons. The number of hydrogen-bond donors (Lipinski definition) is 1. The molecule has 1 rings (SSSR count). The van der Waals surface area contributed by atoms with Crippen LogP contribution in [0.25, 0.3) is 0 Å². The van der Waals surface area contributed by atoms with Crippen molar-refractivity contribution in [1.29, 1.82) is 0 Å². The first-order chi connectivity index (χ1) is 8.12. The predicted molar refractivity (Wildman–Crippen MR) is 71.6 cm³/mol. The molecule has 0 saturated carbocycles. The minimum Gasteiger partial charge on any atom is -0.315 e. The second-order valence-electron chi connectivity index (χ2n) is 4.77. The average Bonchev–Trinajstić information content (AvgIpc) is 2.83. The Kier molecular flexibility index (Phi) is 6.44. The zero-order valence-corrected chi connectivity index (χ0v) is 11.9. The third-order valence-electron chi connectivity index (χ3n) is 3.32. The molecule has 5 heteroatoms. The molecule has 0 amide bonds. The molecule has 0 aromatic rings. The summed E-state index contributed by atoms with van der Waals surface area (Å²) in [5, 5.41) is 2.94. The summed E-state index contributed by atoms with van der Waals surface area (Å²) >= 11 is 0. The maximum absolute atomic E-state index is 12.4. The molecule has 0 bridgehead atoms. The molecule has 102 valence electrons. The van der Waals surface area contributed by atoms with Crippen LogP contribution in [-0.4, -0.2) is 44.2 Å². The van der Waals surface area contributed by atoms with E-state index >= 15 is 0 Å². The molecule has 0 aromatic heterocycles. The summed E-state index contributed by atoms with van der Waals surface area (Å²) in [6.45, 7) is 7.03. The maximum Gasteiger partial charge on any atom is 0.218 e. The fourth-order valence-corrected chi connectivity index (χ4v) is 4.06. The predicted octanol–water partition coefficient (Wildman–Crippen LogP) is 1.58. The van der Waals surface area contributed by atoms with Crippen molar-refractivity contribution in [3.8, 4) is 0 Å². The summed E-state index contributed by atoms with van der Waals surface area (Å²) in [6, 6.07) is 0. The van der Waals surface area contributed by atoms with Gasteiger partial charge in [-0.3, -0.25) is 0 Å². The lowest BCUT2D eigenvalue weighted by atomic mass is 10.3. The molecule has 0 spiro atoms. The Morgan fingerprint density at radius 3 is 2.18 bits per heavy atom. The van der Waals surface area contributed by atoms with Gasteiger partial charge in [0.15, 0.2) is 0 Å². The number of nitrogens with zero attached hydrogens (tertiary/aromatic N) is 1. The van der Waals surface area contributed by atoms with Crippen LogP contribution in [0.15, 0.2) is 0 Å². The molecule has 1 N–H and O–H groups in total. The number of rotatable bonds is 8. The lowest BCUT2D eigenvalue weighted by molar-refractivity contribution is 0.389. The van der Waals surface area contributed by atoms with Crippen LogP contribution in [0.5, 0.6) is 0 Å². The molecule has 0 aliphatic carbocycles. The van der Waals surface area contributed by atoms with Crippen LogP contribution >= 0.6 is 0 Å². The van der Waals surface area contributed by atoms with Crippen molar-refractivity contribution in [2.24, 2.45) is 0 Å². The molecule has 0 aromatic carbocycles. The van der Waals surface area contributed by atoms with Crippen LogP contribution < -0.4 is 5.32 Å². The van der Waals surface area contributed by atoms with E-state index in [2.05, 4.69) is 19.2 Å². The van der Waals surface area contributed by atoms with E-state index in [1.165, 1.54) is 0 Å². The van der Waals surface area contributed by atoms with Crippen molar-refractivity contribution >= 4 is 10.0 Å². The van der Waals surface area contributed by atoms with E-state index in [4.69, 9.17) is 0 Å². The number of sulfonamides is 1. The van der Waals surface area contributed by atoms with Crippen LogP contribution in [-0.2, 0) is 10.0 Å². The van der Waals surface area contributed by atoms with Gasteiger partial charge in [0.1, 0.15) is 0 Å². The molecule has 1 aliphatic rings. The van der Waals surface area contributed by atoms with Gasteiger partial charge >= 0.3 is 0 Å². The zero-order valence-electron chi connectivity index (χ0n) is 11.1. The normalized spacial score (nSPS) is 21.2. The summed E-state index contributed by atoms with van der Waals surface area (Å²) in [5.41, 5.74) is 0. The Morgan fingerprint density at radius 2 is 1.76 bits per heavy atom. The smallest absolute Gasteiger partial charge is 0.218 e. The lowest BCUT2D eigenvalue weighted by Gasteiger charge is -2.25. The summed E-state index contributed by atoms with van der Waals surface area (Å²) in [7, 11) is -3.07. The fraction of sp³-hybridized carbons (Fsp3) is 1.00. The van der Waals surface area contributed by atoms with Gasteiger partial charge in [-0.25, -0.2) is 12.7 Å². The van der Waals surface area contributed by atoms with Crippen LogP contribution in [0.2, 0.25) is 0 Å². The quantitative estimate of drug-likeness (QED) is 0.722. The Morgan fingerprint density at radius 1 is 1.18 bits per heavy atom.